The van der Waals surface area contributed by atoms with Gasteiger partial charge in [0.15, 0.2) is 0 Å². The van der Waals surface area contributed by atoms with Gasteiger partial charge in [-0.1, -0.05) is 20.3 Å². The Bertz CT molecular complexity index is 418. The lowest BCUT2D eigenvalue weighted by Gasteiger charge is -2.33. The first-order valence-electron chi connectivity index (χ1n) is 7.34. The zero-order chi connectivity index (χ0) is 13.9. The van der Waals surface area contributed by atoms with Gasteiger partial charge < -0.3 is 10.1 Å². The molecule has 1 aromatic heterocycles. The van der Waals surface area contributed by atoms with Crippen LogP contribution in [0, 0.1) is 12.8 Å². The number of thiazole rings is 1. The van der Waals surface area contributed by atoms with Crippen LogP contribution in [0.15, 0.2) is 0 Å². The van der Waals surface area contributed by atoms with E-state index in [4.69, 9.17) is 9.72 Å². The molecule has 0 aliphatic heterocycles. The van der Waals surface area contributed by atoms with Crippen molar-refractivity contribution in [2.45, 2.75) is 52.0 Å². The Morgan fingerprint density at radius 1 is 1.53 bits per heavy atom. The van der Waals surface area contributed by atoms with Crippen LogP contribution in [-0.4, -0.2) is 25.2 Å². The van der Waals surface area contributed by atoms with E-state index in [9.17, 15) is 0 Å². The fourth-order valence-corrected chi connectivity index (χ4v) is 4.47. The van der Waals surface area contributed by atoms with Crippen molar-refractivity contribution >= 4 is 11.3 Å². The molecule has 1 saturated carbocycles. The van der Waals surface area contributed by atoms with Crippen LogP contribution < -0.4 is 5.32 Å². The summed E-state index contributed by atoms with van der Waals surface area (Å²) in [6.07, 6.45) is 4.82. The van der Waals surface area contributed by atoms with E-state index >= 15 is 0 Å². The van der Waals surface area contributed by atoms with Gasteiger partial charge in [-0.3, -0.25) is 0 Å². The van der Waals surface area contributed by atoms with Crippen LogP contribution in [0.4, 0.5) is 0 Å². The van der Waals surface area contributed by atoms with Crippen LogP contribution in [-0.2, 0) is 16.7 Å². The van der Waals surface area contributed by atoms with Crippen LogP contribution in [0.1, 0.15) is 48.7 Å². The van der Waals surface area contributed by atoms with Crippen molar-refractivity contribution < 1.29 is 4.74 Å². The van der Waals surface area contributed by atoms with Crippen molar-refractivity contribution in [2.24, 2.45) is 5.92 Å². The molecule has 2 rings (SSSR count). The maximum atomic E-state index is 5.19. The van der Waals surface area contributed by atoms with Crippen molar-refractivity contribution in [3.8, 4) is 0 Å². The van der Waals surface area contributed by atoms with Crippen molar-refractivity contribution in [1.29, 1.82) is 0 Å². The van der Waals surface area contributed by atoms with Crippen LogP contribution >= 0.6 is 11.3 Å². The van der Waals surface area contributed by atoms with Gasteiger partial charge in [0, 0.05) is 18.5 Å². The molecule has 4 heteroatoms. The number of ether oxygens (including phenoxy) is 1. The smallest absolute Gasteiger partial charge is 0.114 e. The zero-order valence-corrected chi connectivity index (χ0v) is 13.4. The highest BCUT2D eigenvalue weighted by atomic mass is 32.1. The molecule has 0 amide bonds. The van der Waals surface area contributed by atoms with Crippen molar-refractivity contribution in [3.63, 3.8) is 0 Å². The monoisotopic (exact) mass is 282 g/mol. The lowest BCUT2D eigenvalue weighted by atomic mass is 9.89. The molecule has 108 valence electrons. The lowest BCUT2D eigenvalue weighted by Crippen LogP contribution is -2.45. The first-order valence-corrected chi connectivity index (χ1v) is 8.16. The van der Waals surface area contributed by atoms with Gasteiger partial charge in [0.2, 0.25) is 0 Å². The molecule has 0 saturated heterocycles. The largest absolute Gasteiger partial charge is 0.383 e. The minimum absolute atomic E-state index is 0.0847. The third-order valence-corrected chi connectivity index (χ3v) is 5.60. The average molecular weight is 282 g/mol. The molecule has 1 N–H and O–H groups in total. The van der Waals surface area contributed by atoms with Crippen molar-refractivity contribution in [1.82, 2.24) is 10.3 Å². The third-order valence-electron chi connectivity index (χ3n) is 4.41. The average Bonchev–Trinajstić information content (AvgIpc) is 2.94. The van der Waals surface area contributed by atoms with E-state index in [0.717, 1.165) is 19.6 Å². The number of nitrogens with one attached hydrogen (secondary N) is 1. The van der Waals surface area contributed by atoms with Gasteiger partial charge in [-0.15, -0.1) is 11.3 Å². The van der Waals surface area contributed by atoms with E-state index in [1.54, 1.807) is 7.11 Å². The quantitative estimate of drug-likeness (QED) is 0.813. The summed E-state index contributed by atoms with van der Waals surface area (Å²) in [6, 6.07) is 0. The summed E-state index contributed by atoms with van der Waals surface area (Å²) in [6.45, 7) is 8.41. The van der Waals surface area contributed by atoms with Gasteiger partial charge in [-0.05, 0) is 32.1 Å². The van der Waals surface area contributed by atoms with Crippen LogP contribution in [0.5, 0.6) is 0 Å². The Kier molecular flexibility index (Phi) is 4.98. The van der Waals surface area contributed by atoms with Crippen LogP contribution in [0.3, 0.4) is 0 Å². The Balaban J connectivity index is 2.26. The summed E-state index contributed by atoms with van der Waals surface area (Å²) >= 11 is 1.88. The third kappa shape index (κ3) is 2.86. The molecule has 2 unspecified atom stereocenters. The first-order chi connectivity index (χ1) is 9.14. The molecule has 1 aliphatic rings. The molecule has 1 heterocycles. The maximum Gasteiger partial charge on any atom is 0.114 e. The molecule has 19 heavy (non-hydrogen) atoms. The molecule has 0 spiro atoms. The second kappa shape index (κ2) is 6.33. The van der Waals surface area contributed by atoms with Crippen molar-refractivity contribution in [2.75, 3.05) is 20.3 Å². The van der Waals surface area contributed by atoms with E-state index in [1.807, 2.05) is 11.3 Å². The molecule has 1 fully saturated rings. The molecule has 0 aromatic carbocycles. The summed E-state index contributed by atoms with van der Waals surface area (Å²) in [5, 5.41) is 5.04. The van der Waals surface area contributed by atoms with Crippen molar-refractivity contribution in [3.05, 3.63) is 15.6 Å². The fraction of sp³-hybridized carbons (Fsp3) is 0.800. The summed E-state index contributed by atoms with van der Waals surface area (Å²) in [5.41, 5.74) is 1.36. The van der Waals surface area contributed by atoms with Gasteiger partial charge in [-0.25, -0.2) is 4.98 Å². The number of methoxy groups -OCH3 is 1. The Morgan fingerprint density at radius 2 is 2.32 bits per heavy atom. The van der Waals surface area contributed by atoms with Gasteiger partial charge in [0.05, 0.1) is 17.8 Å². The van der Waals surface area contributed by atoms with E-state index < -0.39 is 0 Å². The standard InChI is InChI=1S/C15H26N2OS/c1-5-13-12(3)19-14(17-13)15(16-9-10-18-4)8-6-7-11(15)2/h11,16H,5-10H2,1-4H3. The Labute approximate surface area is 120 Å². The number of aryl methyl sites for hydroxylation is 2. The zero-order valence-electron chi connectivity index (χ0n) is 12.6. The SMILES string of the molecule is CCc1nc(C2(NCCOC)CCCC2C)sc1C. The van der Waals surface area contributed by atoms with E-state index in [2.05, 4.69) is 26.1 Å². The number of aromatic nitrogens is 1. The molecular weight excluding hydrogens is 256 g/mol. The Morgan fingerprint density at radius 3 is 2.84 bits per heavy atom. The highest BCUT2D eigenvalue weighted by molar-refractivity contribution is 7.11. The number of rotatable bonds is 6. The summed E-state index contributed by atoms with van der Waals surface area (Å²) < 4.78 is 5.19. The number of hydrogen-bond donors (Lipinski definition) is 1. The first kappa shape index (κ1) is 14.9. The second-order valence-electron chi connectivity index (χ2n) is 5.56. The maximum absolute atomic E-state index is 5.19. The highest BCUT2D eigenvalue weighted by Gasteiger charge is 2.43. The summed E-state index contributed by atoms with van der Waals surface area (Å²) in [7, 11) is 1.76. The van der Waals surface area contributed by atoms with Crippen LogP contribution in [0.25, 0.3) is 0 Å². The van der Waals surface area contributed by atoms with E-state index in [1.165, 1.54) is 34.8 Å². The minimum atomic E-state index is 0.0847. The predicted octanol–water partition coefficient (Wildman–Crippen LogP) is 3.27. The lowest BCUT2D eigenvalue weighted by molar-refractivity contribution is 0.172. The summed E-state index contributed by atoms with van der Waals surface area (Å²) in [4.78, 5) is 6.31. The predicted molar refractivity (Wildman–Crippen MR) is 80.8 cm³/mol. The molecule has 2 atom stereocenters. The number of nitrogens with zero attached hydrogens (tertiary/aromatic N) is 1. The van der Waals surface area contributed by atoms with E-state index in [0.29, 0.717) is 5.92 Å². The van der Waals surface area contributed by atoms with Gasteiger partial charge in [-0.2, -0.15) is 0 Å². The molecular formula is C15H26N2OS. The topological polar surface area (TPSA) is 34.2 Å². The van der Waals surface area contributed by atoms with Gasteiger partial charge in [0.1, 0.15) is 5.01 Å². The molecule has 0 radical (unpaired) electrons. The van der Waals surface area contributed by atoms with Gasteiger partial charge >= 0.3 is 0 Å². The number of hydrogen-bond acceptors (Lipinski definition) is 4. The molecule has 1 aliphatic carbocycles. The summed E-state index contributed by atoms with van der Waals surface area (Å²) in [5.74, 6) is 0.652. The van der Waals surface area contributed by atoms with Crippen LogP contribution in [0.2, 0.25) is 0 Å². The normalized spacial score (nSPS) is 27.1. The molecule has 1 aromatic rings. The fourth-order valence-electron chi connectivity index (χ4n) is 3.16. The Hall–Kier alpha value is -0.450. The van der Waals surface area contributed by atoms with Gasteiger partial charge in [0.25, 0.3) is 0 Å². The minimum Gasteiger partial charge on any atom is -0.383 e. The highest BCUT2D eigenvalue weighted by Crippen LogP contribution is 2.45. The molecule has 0 bridgehead atoms. The second-order valence-corrected chi connectivity index (χ2v) is 6.76. The van der Waals surface area contributed by atoms with E-state index in [-0.39, 0.29) is 5.54 Å². The molecule has 3 nitrogen and oxygen atoms in total.